The van der Waals surface area contributed by atoms with Crippen LogP contribution in [0.1, 0.15) is 12.8 Å². The van der Waals surface area contributed by atoms with E-state index in [-0.39, 0.29) is 51.4 Å². The van der Waals surface area contributed by atoms with Crippen molar-refractivity contribution in [2.45, 2.75) is 12.8 Å². The average molecular weight is 221 g/mol. The third-order valence-corrected chi connectivity index (χ3v) is 3.12. The molecule has 0 amide bonds. The summed E-state index contributed by atoms with van der Waals surface area (Å²) in [6.07, 6.45) is 2.65. The van der Waals surface area contributed by atoms with Crippen LogP contribution in [-0.2, 0) is 0 Å². The summed E-state index contributed by atoms with van der Waals surface area (Å²) in [6, 6.07) is 0. The van der Waals surface area contributed by atoms with Crippen molar-refractivity contribution in [2.75, 3.05) is 45.8 Å². The monoisotopic (exact) mass is 221 g/mol. The second-order valence-electron chi connectivity index (χ2n) is 4.16. The number of piperidine rings is 1. The Kier molecular flexibility index (Phi) is 7.50. The van der Waals surface area contributed by atoms with Gasteiger partial charge in [-0.05, 0) is 5.92 Å². The SMILES string of the molecule is C1CC(CN2CCNCC2)CC[N-]1.[K+]. The predicted octanol–water partition coefficient (Wildman–Crippen LogP) is -2.32. The molecule has 76 valence electrons. The van der Waals surface area contributed by atoms with Gasteiger partial charge in [-0.25, -0.2) is 0 Å². The minimum absolute atomic E-state index is 0. The quantitative estimate of drug-likeness (QED) is 0.531. The Morgan fingerprint density at radius 1 is 1.14 bits per heavy atom. The number of hydrogen-bond donors (Lipinski definition) is 1. The number of piperazine rings is 1. The first-order valence-electron chi connectivity index (χ1n) is 5.51. The first-order chi connectivity index (χ1) is 6.45. The number of rotatable bonds is 2. The summed E-state index contributed by atoms with van der Waals surface area (Å²) in [5.74, 6) is 0.926. The van der Waals surface area contributed by atoms with E-state index >= 15 is 0 Å². The summed E-state index contributed by atoms with van der Waals surface area (Å²) < 4.78 is 0. The molecule has 2 aliphatic rings. The van der Waals surface area contributed by atoms with Crippen LogP contribution >= 0.6 is 0 Å². The van der Waals surface area contributed by atoms with Crippen LogP contribution in [0.15, 0.2) is 0 Å². The van der Waals surface area contributed by atoms with E-state index < -0.39 is 0 Å². The maximum atomic E-state index is 4.39. The van der Waals surface area contributed by atoms with Crippen LogP contribution in [0.5, 0.6) is 0 Å². The summed E-state index contributed by atoms with van der Waals surface area (Å²) >= 11 is 0. The van der Waals surface area contributed by atoms with Gasteiger partial charge in [0.1, 0.15) is 0 Å². The fraction of sp³-hybridized carbons (Fsp3) is 1.00. The first kappa shape index (κ1) is 13.6. The second kappa shape index (κ2) is 7.74. The Labute approximate surface area is 130 Å². The third-order valence-electron chi connectivity index (χ3n) is 3.12. The van der Waals surface area contributed by atoms with Crippen molar-refractivity contribution in [2.24, 2.45) is 5.92 Å². The van der Waals surface area contributed by atoms with Crippen LogP contribution in [0.25, 0.3) is 5.32 Å². The van der Waals surface area contributed by atoms with Crippen LogP contribution < -0.4 is 56.7 Å². The fourth-order valence-corrected chi connectivity index (χ4v) is 2.25. The van der Waals surface area contributed by atoms with Crippen LogP contribution in [0.4, 0.5) is 0 Å². The molecule has 4 heteroatoms. The molecule has 0 aromatic carbocycles. The van der Waals surface area contributed by atoms with E-state index in [0.29, 0.717) is 0 Å². The van der Waals surface area contributed by atoms with Gasteiger partial charge in [-0.2, -0.15) is 0 Å². The largest absolute Gasteiger partial charge is 1.00 e. The molecule has 0 spiro atoms. The zero-order valence-corrected chi connectivity index (χ0v) is 12.5. The molecule has 2 heterocycles. The molecule has 2 saturated heterocycles. The molecule has 14 heavy (non-hydrogen) atoms. The van der Waals surface area contributed by atoms with Crippen molar-refractivity contribution in [3.05, 3.63) is 5.32 Å². The molecule has 1 N–H and O–H groups in total. The molecule has 3 nitrogen and oxygen atoms in total. The molecule has 0 aromatic heterocycles. The molecular weight excluding hydrogens is 201 g/mol. The fourth-order valence-electron chi connectivity index (χ4n) is 2.25. The van der Waals surface area contributed by atoms with E-state index in [2.05, 4.69) is 15.5 Å². The van der Waals surface area contributed by atoms with Gasteiger partial charge in [-0.3, -0.25) is 0 Å². The van der Waals surface area contributed by atoms with Crippen molar-refractivity contribution >= 4 is 0 Å². The third kappa shape index (κ3) is 4.57. The van der Waals surface area contributed by atoms with E-state index in [4.69, 9.17) is 0 Å². The molecular formula is C10H20KN3. The summed E-state index contributed by atoms with van der Waals surface area (Å²) in [4.78, 5) is 2.60. The number of hydrogen-bond acceptors (Lipinski definition) is 2. The second-order valence-corrected chi connectivity index (χ2v) is 4.16. The Morgan fingerprint density at radius 3 is 2.43 bits per heavy atom. The molecule has 0 bridgehead atoms. The van der Waals surface area contributed by atoms with Crippen molar-refractivity contribution < 1.29 is 51.4 Å². The van der Waals surface area contributed by atoms with Gasteiger partial charge in [-0.15, -0.1) is 13.1 Å². The molecule has 0 atom stereocenters. The summed E-state index contributed by atoms with van der Waals surface area (Å²) in [7, 11) is 0. The van der Waals surface area contributed by atoms with E-state index in [1.165, 1.54) is 45.6 Å². The molecule has 2 fully saturated rings. The molecule has 0 aliphatic carbocycles. The molecule has 2 rings (SSSR count). The zero-order valence-electron chi connectivity index (χ0n) is 9.34. The summed E-state index contributed by atoms with van der Waals surface area (Å²) in [5.41, 5.74) is 0. The van der Waals surface area contributed by atoms with Gasteiger partial charge < -0.3 is 15.5 Å². The van der Waals surface area contributed by atoms with Gasteiger partial charge in [0.05, 0.1) is 0 Å². The normalized spacial score (nSPS) is 25.7. The van der Waals surface area contributed by atoms with Crippen molar-refractivity contribution in [3.63, 3.8) is 0 Å². The van der Waals surface area contributed by atoms with Gasteiger partial charge in [-0.1, -0.05) is 12.8 Å². The maximum absolute atomic E-state index is 4.39. The standard InChI is InChI=1S/C10H20N3.K/c1-3-11-4-2-10(1)9-13-7-5-12-6-8-13;/h10,12H,1-9H2;/q-1;+1. The van der Waals surface area contributed by atoms with Gasteiger partial charge in [0.25, 0.3) is 0 Å². The Bertz CT molecular complexity index is 126. The van der Waals surface area contributed by atoms with E-state index in [1.807, 2.05) is 0 Å². The predicted molar refractivity (Wildman–Crippen MR) is 55.1 cm³/mol. The minimum Gasteiger partial charge on any atom is -0.662 e. The summed E-state index contributed by atoms with van der Waals surface area (Å²) in [6.45, 7) is 8.38. The minimum atomic E-state index is 0. The van der Waals surface area contributed by atoms with E-state index in [0.717, 1.165) is 19.0 Å². The maximum Gasteiger partial charge on any atom is 1.00 e. The topological polar surface area (TPSA) is 29.4 Å². The van der Waals surface area contributed by atoms with Crippen LogP contribution in [0, 0.1) is 5.92 Å². The molecule has 0 aromatic rings. The first-order valence-corrected chi connectivity index (χ1v) is 5.51. The number of nitrogens with zero attached hydrogens (tertiary/aromatic N) is 2. The smallest absolute Gasteiger partial charge is 0.662 e. The Hall–Kier alpha value is 1.52. The van der Waals surface area contributed by atoms with Gasteiger partial charge in [0, 0.05) is 32.7 Å². The van der Waals surface area contributed by atoms with Crippen molar-refractivity contribution in [1.29, 1.82) is 0 Å². The van der Waals surface area contributed by atoms with Gasteiger partial charge in [0.15, 0.2) is 0 Å². The molecule has 0 unspecified atom stereocenters. The Balaban J connectivity index is 0.000000980. The van der Waals surface area contributed by atoms with Crippen LogP contribution in [0.3, 0.4) is 0 Å². The van der Waals surface area contributed by atoms with E-state index in [1.54, 1.807) is 0 Å². The molecule has 0 saturated carbocycles. The summed E-state index contributed by atoms with van der Waals surface area (Å²) in [5, 5.41) is 7.78. The zero-order chi connectivity index (χ0) is 8.93. The van der Waals surface area contributed by atoms with Crippen molar-refractivity contribution in [1.82, 2.24) is 10.2 Å². The van der Waals surface area contributed by atoms with Crippen LogP contribution in [-0.4, -0.2) is 50.7 Å². The van der Waals surface area contributed by atoms with Gasteiger partial charge >= 0.3 is 51.4 Å². The van der Waals surface area contributed by atoms with Crippen LogP contribution in [0.2, 0.25) is 0 Å². The Morgan fingerprint density at radius 2 is 1.79 bits per heavy atom. The average Bonchev–Trinajstić information content (AvgIpc) is 2.21. The molecule has 2 aliphatic heterocycles. The van der Waals surface area contributed by atoms with Gasteiger partial charge in [0.2, 0.25) is 0 Å². The number of nitrogens with one attached hydrogen (secondary N) is 1. The molecule has 0 radical (unpaired) electrons. The van der Waals surface area contributed by atoms with E-state index in [9.17, 15) is 0 Å². The van der Waals surface area contributed by atoms with Crippen molar-refractivity contribution in [3.8, 4) is 0 Å².